The van der Waals surface area contributed by atoms with Crippen LogP contribution in [0, 0.1) is 5.92 Å². The van der Waals surface area contributed by atoms with Crippen LogP contribution in [-0.2, 0) is 4.74 Å². The van der Waals surface area contributed by atoms with E-state index in [0.717, 1.165) is 32.1 Å². The molecule has 2 heterocycles. The molecule has 2 unspecified atom stereocenters. The van der Waals surface area contributed by atoms with Crippen molar-refractivity contribution in [2.24, 2.45) is 11.7 Å². The SMILES string of the molecule is CC1CCN(CC2(N)CCOC2)C1. The molecule has 3 heteroatoms. The molecular formula is C10H20N2O. The Hall–Kier alpha value is -0.120. The van der Waals surface area contributed by atoms with E-state index in [1.54, 1.807) is 0 Å². The molecule has 2 N–H and O–H groups in total. The standard InChI is InChI=1S/C10H20N2O/c1-9-2-4-12(6-9)7-10(11)3-5-13-8-10/h9H,2-8,11H2,1H3. The summed E-state index contributed by atoms with van der Waals surface area (Å²) in [4.78, 5) is 2.49. The highest BCUT2D eigenvalue weighted by Gasteiger charge is 2.34. The lowest BCUT2D eigenvalue weighted by Crippen LogP contribution is -2.50. The smallest absolute Gasteiger partial charge is 0.0659 e. The van der Waals surface area contributed by atoms with E-state index in [4.69, 9.17) is 10.5 Å². The van der Waals surface area contributed by atoms with Crippen LogP contribution in [-0.4, -0.2) is 43.3 Å². The molecule has 0 aromatic carbocycles. The average molecular weight is 184 g/mol. The van der Waals surface area contributed by atoms with Crippen LogP contribution in [0.3, 0.4) is 0 Å². The second kappa shape index (κ2) is 3.56. The molecule has 2 aliphatic rings. The van der Waals surface area contributed by atoms with Gasteiger partial charge < -0.3 is 15.4 Å². The Bertz CT molecular complexity index is 178. The lowest BCUT2D eigenvalue weighted by atomic mass is 10.00. The second-order valence-corrected chi connectivity index (χ2v) is 4.79. The summed E-state index contributed by atoms with van der Waals surface area (Å²) in [5.41, 5.74) is 6.17. The summed E-state index contributed by atoms with van der Waals surface area (Å²) < 4.78 is 5.35. The number of nitrogens with zero attached hydrogens (tertiary/aromatic N) is 1. The summed E-state index contributed by atoms with van der Waals surface area (Å²) in [5.74, 6) is 0.853. The first kappa shape index (κ1) is 9.44. The highest BCUT2D eigenvalue weighted by molar-refractivity contribution is 4.92. The van der Waals surface area contributed by atoms with Gasteiger partial charge in [0.05, 0.1) is 12.1 Å². The Balaban J connectivity index is 1.83. The number of hydrogen-bond acceptors (Lipinski definition) is 3. The largest absolute Gasteiger partial charge is 0.379 e. The Morgan fingerprint density at radius 1 is 1.62 bits per heavy atom. The molecule has 2 rings (SSSR count). The van der Waals surface area contributed by atoms with Crippen molar-refractivity contribution in [3.05, 3.63) is 0 Å². The highest BCUT2D eigenvalue weighted by atomic mass is 16.5. The maximum absolute atomic E-state index is 6.22. The first-order chi connectivity index (χ1) is 6.18. The fraction of sp³-hybridized carbons (Fsp3) is 1.00. The predicted molar refractivity (Wildman–Crippen MR) is 52.6 cm³/mol. The maximum atomic E-state index is 6.22. The van der Waals surface area contributed by atoms with Crippen LogP contribution in [0.1, 0.15) is 19.8 Å². The maximum Gasteiger partial charge on any atom is 0.0659 e. The van der Waals surface area contributed by atoms with Crippen LogP contribution in [0.2, 0.25) is 0 Å². The molecular weight excluding hydrogens is 164 g/mol. The highest BCUT2D eigenvalue weighted by Crippen LogP contribution is 2.21. The van der Waals surface area contributed by atoms with E-state index < -0.39 is 0 Å². The van der Waals surface area contributed by atoms with Crippen molar-refractivity contribution in [2.75, 3.05) is 32.8 Å². The van der Waals surface area contributed by atoms with Crippen molar-refractivity contribution in [1.82, 2.24) is 4.90 Å². The Labute approximate surface area is 80.2 Å². The normalized spacial score (nSPS) is 41.5. The van der Waals surface area contributed by atoms with Crippen molar-refractivity contribution < 1.29 is 4.74 Å². The minimum atomic E-state index is -0.0515. The van der Waals surface area contributed by atoms with Crippen LogP contribution < -0.4 is 5.73 Å². The summed E-state index contributed by atoms with van der Waals surface area (Å²) in [6, 6.07) is 0. The van der Waals surface area contributed by atoms with Gasteiger partial charge in [-0.2, -0.15) is 0 Å². The minimum Gasteiger partial charge on any atom is -0.379 e. The molecule has 2 aliphatic heterocycles. The van der Waals surface area contributed by atoms with Gasteiger partial charge in [0, 0.05) is 19.7 Å². The molecule has 3 nitrogen and oxygen atoms in total. The fourth-order valence-electron chi connectivity index (χ4n) is 2.36. The lowest BCUT2D eigenvalue weighted by Gasteiger charge is -2.28. The summed E-state index contributed by atoms with van der Waals surface area (Å²) in [7, 11) is 0. The number of hydrogen-bond donors (Lipinski definition) is 1. The monoisotopic (exact) mass is 184 g/mol. The zero-order chi connectivity index (χ0) is 9.31. The van der Waals surface area contributed by atoms with Gasteiger partial charge >= 0.3 is 0 Å². The third kappa shape index (κ3) is 2.22. The molecule has 2 saturated heterocycles. The summed E-state index contributed by atoms with van der Waals surface area (Å²) in [6.45, 7) is 7.38. The van der Waals surface area contributed by atoms with Crippen LogP contribution in [0.5, 0.6) is 0 Å². The van der Waals surface area contributed by atoms with Gasteiger partial charge in [0.25, 0.3) is 0 Å². The second-order valence-electron chi connectivity index (χ2n) is 4.79. The first-order valence-corrected chi connectivity index (χ1v) is 5.27. The Kier molecular flexibility index (Phi) is 2.58. The van der Waals surface area contributed by atoms with Crippen molar-refractivity contribution in [2.45, 2.75) is 25.3 Å². The molecule has 0 aliphatic carbocycles. The molecule has 13 heavy (non-hydrogen) atoms. The minimum absolute atomic E-state index is 0.0515. The molecule has 0 amide bonds. The number of likely N-dealkylation sites (tertiary alicyclic amines) is 1. The van der Waals surface area contributed by atoms with Crippen molar-refractivity contribution >= 4 is 0 Å². The molecule has 0 aromatic heterocycles. The van der Waals surface area contributed by atoms with Gasteiger partial charge in [-0.1, -0.05) is 6.92 Å². The van der Waals surface area contributed by atoms with Crippen LogP contribution >= 0.6 is 0 Å². The summed E-state index contributed by atoms with van der Waals surface area (Å²) >= 11 is 0. The molecule has 0 aromatic rings. The van der Waals surface area contributed by atoms with Crippen LogP contribution in [0.25, 0.3) is 0 Å². The zero-order valence-electron chi connectivity index (χ0n) is 8.46. The summed E-state index contributed by atoms with van der Waals surface area (Å²) in [6.07, 6.45) is 2.36. The first-order valence-electron chi connectivity index (χ1n) is 5.27. The quantitative estimate of drug-likeness (QED) is 0.677. The number of nitrogens with two attached hydrogens (primary N) is 1. The van der Waals surface area contributed by atoms with Gasteiger partial charge in [0.15, 0.2) is 0 Å². The van der Waals surface area contributed by atoms with Gasteiger partial charge in [-0.3, -0.25) is 0 Å². The molecule has 0 radical (unpaired) electrons. The van der Waals surface area contributed by atoms with E-state index in [1.165, 1.54) is 19.5 Å². The van der Waals surface area contributed by atoms with Gasteiger partial charge in [-0.05, 0) is 25.3 Å². The molecule has 76 valence electrons. The van der Waals surface area contributed by atoms with E-state index in [-0.39, 0.29) is 5.54 Å². The van der Waals surface area contributed by atoms with Gasteiger partial charge in [-0.25, -0.2) is 0 Å². The Morgan fingerprint density at radius 2 is 2.46 bits per heavy atom. The lowest BCUT2D eigenvalue weighted by molar-refractivity contribution is 0.160. The zero-order valence-corrected chi connectivity index (χ0v) is 8.46. The molecule has 2 fully saturated rings. The van der Waals surface area contributed by atoms with Crippen molar-refractivity contribution in [3.63, 3.8) is 0 Å². The van der Waals surface area contributed by atoms with Gasteiger partial charge in [0.2, 0.25) is 0 Å². The third-order valence-electron chi connectivity index (χ3n) is 3.18. The number of rotatable bonds is 2. The Morgan fingerprint density at radius 3 is 3.00 bits per heavy atom. The van der Waals surface area contributed by atoms with Crippen molar-refractivity contribution in [1.29, 1.82) is 0 Å². The van der Waals surface area contributed by atoms with E-state index in [9.17, 15) is 0 Å². The van der Waals surface area contributed by atoms with E-state index in [1.807, 2.05) is 0 Å². The summed E-state index contributed by atoms with van der Waals surface area (Å²) in [5, 5.41) is 0. The van der Waals surface area contributed by atoms with E-state index in [0.29, 0.717) is 0 Å². The van der Waals surface area contributed by atoms with E-state index in [2.05, 4.69) is 11.8 Å². The van der Waals surface area contributed by atoms with Gasteiger partial charge in [0.1, 0.15) is 0 Å². The average Bonchev–Trinajstić information content (AvgIpc) is 2.62. The topological polar surface area (TPSA) is 38.5 Å². The van der Waals surface area contributed by atoms with Crippen LogP contribution in [0.15, 0.2) is 0 Å². The van der Waals surface area contributed by atoms with Crippen LogP contribution in [0.4, 0.5) is 0 Å². The molecule has 2 atom stereocenters. The van der Waals surface area contributed by atoms with Crippen molar-refractivity contribution in [3.8, 4) is 0 Å². The van der Waals surface area contributed by atoms with E-state index >= 15 is 0 Å². The fourth-order valence-corrected chi connectivity index (χ4v) is 2.36. The van der Waals surface area contributed by atoms with Gasteiger partial charge in [-0.15, -0.1) is 0 Å². The molecule has 0 spiro atoms. The number of ether oxygens (including phenoxy) is 1. The third-order valence-corrected chi connectivity index (χ3v) is 3.18. The molecule has 0 bridgehead atoms. The predicted octanol–water partition coefficient (Wildman–Crippen LogP) is 0.446. The molecule has 0 saturated carbocycles.